The molecule has 0 saturated carbocycles. The Kier molecular flexibility index (Phi) is 3.77. The fourth-order valence-electron chi connectivity index (χ4n) is 1.32. The lowest BCUT2D eigenvalue weighted by Crippen LogP contribution is -2.10. The molecule has 0 unspecified atom stereocenters. The quantitative estimate of drug-likeness (QED) is 0.692. The Hall–Kier alpha value is -0.180. The lowest BCUT2D eigenvalue weighted by Gasteiger charge is -2.07. The largest absolute Gasteiger partial charge is 0.379 e. The average molecular weight is 172 g/mol. The molecule has 0 saturated heterocycles. The summed E-state index contributed by atoms with van der Waals surface area (Å²) >= 11 is 1.70. The van der Waals surface area contributed by atoms with Crippen LogP contribution >= 0.6 is 11.8 Å². The van der Waals surface area contributed by atoms with E-state index in [1.165, 1.54) is 25.7 Å². The first kappa shape index (κ1) is 8.91. The number of amidine groups is 1. The second-order valence-electron chi connectivity index (χ2n) is 2.90. The number of hydrogen-bond acceptors (Lipinski definition) is 3. The van der Waals surface area contributed by atoms with Gasteiger partial charge in [0.05, 0.1) is 6.04 Å². The summed E-state index contributed by atoms with van der Waals surface area (Å²) in [5.74, 6) is 1.15. The Labute approximate surface area is 72.6 Å². The molecule has 0 amide bonds. The van der Waals surface area contributed by atoms with E-state index in [-0.39, 0.29) is 0 Å². The van der Waals surface area contributed by atoms with E-state index in [1.54, 1.807) is 11.8 Å². The van der Waals surface area contributed by atoms with Crippen LogP contribution in [0.25, 0.3) is 0 Å². The summed E-state index contributed by atoms with van der Waals surface area (Å²) in [6.45, 7) is 2.20. The molecule has 2 nitrogen and oxygen atoms in total. The van der Waals surface area contributed by atoms with Gasteiger partial charge in [0.15, 0.2) is 5.17 Å². The molecule has 0 aromatic heterocycles. The first-order valence-electron chi connectivity index (χ1n) is 4.29. The summed E-state index contributed by atoms with van der Waals surface area (Å²) in [6, 6.07) is 0.509. The SMILES string of the molecule is CCC[C@@H]1CCCSC(N)=N1. The first-order chi connectivity index (χ1) is 5.33. The van der Waals surface area contributed by atoms with Crippen LogP contribution in [-0.2, 0) is 0 Å². The molecule has 1 heterocycles. The van der Waals surface area contributed by atoms with Crippen molar-refractivity contribution in [2.75, 3.05) is 5.75 Å². The van der Waals surface area contributed by atoms with Crippen LogP contribution in [0.1, 0.15) is 32.6 Å². The highest BCUT2D eigenvalue weighted by atomic mass is 32.2. The minimum atomic E-state index is 0.509. The number of nitrogens with two attached hydrogens (primary N) is 1. The van der Waals surface area contributed by atoms with Crippen LogP contribution in [0.5, 0.6) is 0 Å². The van der Waals surface area contributed by atoms with Crippen LogP contribution in [0, 0.1) is 0 Å². The lowest BCUT2D eigenvalue weighted by atomic mass is 10.1. The van der Waals surface area contributed by atoms with E-state index in [0.29, 0.717) is 6.04 Å². The van der Waals surface area contributed by atoms with Crippen molar-refractivity contribution in [2.24, 2.45) is 10.7 Å². The molecule has 0 radical (unpaired) electrons. The highest BCUT2D eigenvalue weighted by Crippen LogP contribution is 2.17. The van der Waals surface area contributed by atoms with Gasteiger partial charge in [0.1, 0.15) is 0 Å². The van der Waals surface area contributed by atoms with E-state index in [2.05, 4.69) is 11.9 Å². The van der Waals surface area contributed by atoms with Gasteiger partial charge in [-0.3, -0.25) is 4.99 Å². The molecular weight excluding hydrogens is 156 g/mol. The molecule has 0 fully saturated rings. The smallest absolute Gasteiger partial charge is 0.154 e. The predicted octanol–water partition coefficient (Wildman–Crippen LogP) is 2.00. The Balaban J connectivity index is 2.42. The van der Waals surface area contributed by atoms with Crippen molar-refractivity contribution in [1.29, 1.82) is 0 Å². The van der Waals surface area contributed by atoms with Crippen molar-refractivity contribution in [3.05, 3.63) is 0 Å². The van der Waals surface area contributed by atoms with Gasteiger partial charge in [-0.2, -0.15) is 0 Å². The maximum absolute atomic E-state index is 5.67. The molecule has 1 aliphatic rings. The minimum absolute atomic E-state index is 0.509. The molecule has 3 heteroatoms. The molecule has 1 rings (SSSR count). The molecule has 0 bridgehead atoms. The summed E-state index contributed by atoms with van der Waals surface area (Å²) in [5, 5.41) is 0.793. The number of nitrogens with zero attached hydrogens (tertiary/aromatic N) is 1. The van der Waals surface area contributed by atoms with Crippen molar-refractivity contribution in [1.82, 2.24) is 0 Å². The van der Waals surface area contributed by atoms with E-state index in [1.807, 2.05) is 0 Å². The van der Waals surface area contributed by atoms with Crippen molar-refractivity contribution in [3.8, 4) is 0 Å². The summed E-state index contributed by atoms with van der Waals surface area (Å²) in [4.78, 5) is 4.42. The molecule has 11 heavy (non-hydrogen) atoms. The minimum Gasteiger partial charge on any atom is -0.379 e. The molecule has 0 aliphatic carbocycles. The normalized spacial score (nSPS) is 25.9. The first-order valence-corrected chi connectivity index (χ1v) is 5.27. The molecule has 0 aromatic carbocycles. The van der Waals surface area contributed by atoms with Gasteiger partial charge in [-0.15, -0.1) is 0 Å². The fraction of sp³-hybridized carbons (Fsp3) is 0.875. The Morgan fingerprint density at radius 3 is 3.27 bits per heavy atom. The van der Waals surface area contributed by atoms with E-state index in [9.17, 15) is 0 Å². The van der Waals surface area contributed by atoms with Crippen molar-refractivity contribution >= 4 is 16.9 Å². The maximum atomic E-state index is 5.67. The van der Waals surface area contributed by atoms with E-state index < -0.39 is 0 Å². The molecule has 0 spiro atoms. The molecule has 2 N–H and O–H groups in total. The van der Waals surface area contributed by atoms with Gasteiger partial charge < -0.3 is 5.73 Å². The zero-order valence-corrected chi connectivity index (χ0v) is 7.86. The monoisotopic (exact) mass is 172 g/mol. The molecule has 1 aliphatic heterocycles. The third-order valence-corrected chi connectivity index (χ3v) is 2.76. The van der Waals surface area contributed by atoms with Crippen LogP contribution in [0.3, 0.4) is 0 Å². The number of thioether (sulfide) groups is 1. The fourth-order valence-corrected chi connectivity index (χ4v) is 2.06. The van der Waals surface area contributed by atoms with Crippen molar-refractivity contribution in [2.45, 2.75) is 38.6 Å². The Morgan fingerprint density at radius 1 is 1.73 bits per heavy atom. The maximum Gasteiger partial charge on any atom is 0.154 e. The van der Waals surface area contributed by atoms with E-state index in [4.69, 9.17) is 5.73 Å². The molecular formula is C8H16N2S. The predicted molar refractivity (Wildman–Crippen MR) is 52.0 cm³/mol. The van der Waals surface area contributed by atoms with Crippen LogP contribution in [0.15, 0.2) is 4.99 Å². The number of aliphatic imine (C=N–C) groups is 1. The highest BCUT2D eigenvalue weighted by molar-refractivity contribution is 8.13. The third-order valence-electron chi connectivity index (χ3n) is 1.86. The number of rotatable bonds is 2. The van der Waals surface area contributed by atoms with Gasteiger partial charge >= 0.3 is 0 Å². The van der Waals surface area contributed by atoms with E-state index in [0.717, 1.165) is 10.9 Å². The zero-order valence-electron chi connectivity index (χ0n) is 7.05. The van der Waals surface area contributed by atoms with E-state index >= 15 is 0 Å². The van der Waals surface area contributed by atoms with Crippen molar-refractivity contribution < 1.29 is 0 Å². The standard InChI is InChI=1S/C8H16N2S/c1-2-4-7-5-3-6-11-8(9)10-7/h7H,2-6H2,1H3,(H2,9,10)/t7-/m1/s1. The van der Waals surface area contributed by atoms with Gasteiger partial charge in [-0.1, -0.05) is 25.1 Å². The van der Waals surface area contributed by atoms with Gasteiger partial charge in [0.2, 0.25) is 0 Å². The van der Waals surface area contributed by atoms with Gasteiger partial charge in [-0.25, -0.2) is 0 Å². The highest BCUT2D eigenvalue weighted by Gasteiger charge is 2.10. The van der Waals surface area contributed by atoms with Gasteiger partial charge in [0, 0.05) is 5.75 Å². The molecule has 1 atom stereocenters. The second-order valence-corrected chi connectivity index (χ2v) is 4.02. The van der Waals surface area contributed by atoms with Crippen LogP contribution in [0.2, 0.25) is 0 Å². The number of hydrogen-bond donors (Lipinski definition) is 1. The molecule has 64 valence electrons. The topological polar surface area (TPSA) is 38.4 Å². The summed E-state index contributed by atoms with van der Waals surface area (Å²) in [6.07, 6.45) is 4.90. The summed E-state index contributed by atoms with van der Waals surface area (Å²) in [7, 11) is 0. The zero-order chi connectivity index (χ0) is 8.10. The van der Waals surface area contributed by atoms with Gasteiger partial charge in [0.25, 0.3) is 0 Å². The Morgan fingerprint density at radius 2 is 2.55 bits per heavy atom. The Bertz CT molecular complexity index is 145. The van der Waals surface area contributed by atoms with Crippen molar-refractivity contribution in [3.63, 3.8) is 0 Å². The van der Waals surface area contributed by atoms with Crippen LogP contribution in [-0.4, -0.2) is 17.0 Å². The van der Waals surface area contributed by atoms with Crippen LogP contribution in [0.4, 0.5) is 0 Å². The summed E-state index contributed by atoms with van der Waals surface area (Å²) in [5.41, 5.74) is 5.67. The van der Waals surface area contributed by atoms with Crippen LogP contribution < -0.4 is 5.73 Å². The summed E-state index contributed by atoms with van der Waals surface area (Å²) < 4.78 is 0. The average Bonchev–Trinajstić information content (AvgIpc) is 2.15. The third kappa shape index (κ3) is 3.14. The lowest BCUT2D eigenvalue weighted by molar-refractivity contribution is 0.561. The second kappa shape index (κ2) is 4.65. The molecule has 0 aromatic rings. The van der Waals surface area contributed by atoms with Gasteiger partial charge in [-0.05, 0) is 19.3 Å².